The molecule has 0 bridgehead atoms. The van der Waals surface area contributed by atoms with E-state index in [0.29, 0.717) is 12.2 Å². The van der Waals surface area contributed by atoms with Gasteiger partial charge in [-0.05, 0) is 25.0 Å². The summed E-state index contributed by atoms with van der Waals surface area (Å²) in [6, 6.07) is 6.66. The molecule has 1 unspecified atom stereocenters. The van der Waals surface area contributed by atoms with E-state index in [1.165, 1.54) is 6.07 Å². The van der Waals surface area contributed by atoms with Gasteiger partial charge in [0, 0.05) is 11.8 Å². The fraction of sp³-hybridized carbons (Fsp3) is 0.400. The van der Waals surface area contributed by atoms with Gasteiger partial charge in [0.25, 0.3) is 0 Å². The molecular formula is C15H15FO2. The summed E-state index contributed by atoms with van der Waals surface area (Å²) in [6.07, 6.45) is 4.53. The zero-order valence-electron chi connectivity index (χ0n) is 10.1. The molecule has 1 aromatic heterocycles. The van der Waals surface area contributed by atoms with Crippen molar-refractivity contribution >= 4 is 16.8 Å². The summed E-state index contributed by atoms with van der Waals surface area (Å²) in [4.78, 5) is 12.0. The Morgan fingerprint density at radius 2 is 2.11 bits per heavy atom. The summed E-state index contributed by atoms with van der Waals surface area (Å²) >= 11 is 0. The first-order chi connectivity index (χ1) is 8.75. The second kappa shape index (κ2) is 4.56. The molecule has 1 heterocycles. The number of benzene rings is 1. The van der Waals surface area contributed by atoms with Crippen molar-refractivity contribution in [2.24, 2.45) is 0 Å². The van der Waals surface area contributed by atoms with Gasteiger partial charge >= 0.3 is 0 Å². The summed E-state index contributed by atoms with van der Waals surface area (Å²) in [7, 11) is 0. The Balaban J connectivity index is 2.02. The number of carbonyl (C=O) groups is 1. The van der Waals surface area contributed by atoms with Crippen LogP contribution in [0.1, 0.15) is 43.8 Å². The van der Waals surface area contributed by atoms with Gasteiger partial charge in [-0.25, -0.2) is 4.39 Å². The van der Waals surface area contributed by atoms with Crippen molar-refractivity contribution in [3.05, 3.63) is 35.8 Å². The van der Waals surface area contributed by atoms with Crippen LogP contribution in [-0.2, 0) is 4.79 Å². The van der Waals surface area contributed by atoms with E-state index in [2.05, 4.69) is 0 Å². The predicted octanol–water partition coefficient (Wildman–Crippen LogP) is 4.19. The van der Waals surface area contributed by atoms with Crippen LogP contribution in [0.4, 0.5) is 4.39 Å². The standard InChI is InChI=1S/C15H15FO2/c16-12-7-4-5-10-9-14(18-15(10)12)11-6-2-1-3-8-13(11)17/h4-5,7,9,11H,1-3,6,8H2. The first kappa shape index (κ1) is 11.5. The van der Waals surface area contributed by atoms with Crippen molar-refractivity contribution in [2.75, 3.05) is 0 Å². The molecule has 1 atom stereocenters. The minimum atomic E-state index is -0.361. The number of furan rings is 1. The molecule has 3 rings (SSSR count). The maximum Gasteiger partial charge on any atom is 0.169 e. The summed E-state index contributed by atoms with van der Waals surface area (Å²) in [5.41, 5.74) is 0.268. The molecule has 0 radical (unpaired) electrons. The van der Waals surface area contributed by atoms with Crippen LogP contribution in [0.3, 0.4) is 0 Å². The number of fused-ring (bicyclic) bond motifs is 1. The lowest BCUT2D eigenvalue weighted by atomic mass is 9.96. The molecule has 0 saturated heterocycles. The van der Waals surface area contributed by atoms with Crippen molar-refractivity contribution in [1.29, 1.82) is 0 Å². The number of ketones is 1. The SMILES string of the molecule is O=C1CCCCCC1c1cc2cccc(F)c2o1. The van der Waals surface area contributed by atoms with Gasteiger partial charge < -0.3 is 4.42 Å². The maximum atomic E-state index is 13.6. The molecule has 0 amide bonds. The highest BCUT2D eigenvalue weighted by Crippen LogP contribution is 2.33. The maximum absolute atomic E-state index is 13.6. The Hall–Kier alpha value is -1.64. The lowest BCUT2D eigenvalue weighted by Crippen LogP contribution is -2.09. The Kier molecular flexibility index (Phi) is 2.90. The van der Waals surface area contributed by atoms with E-state index in [0.717, 1.165) is 31.1 Å². The molecule has 2 aromatic rings. The molecule has 18 heavy (non-hydrogen) atoms. The number of halogens is 1. The molecule has 1 saturated carbocycles. The average Bonchev–Trinajstić information content (AvgIpc) is 2.67. The summed E-state index contributed by atoms with van der Waals surface area (Å²) in [5, 5.41) is 0.738. The van der Waals surface area contributed by atoms with Crippen molar-refractivity contribution in [2.45, 2.75) is 38.0 Å². The largest absolute Gasteiger partial charge is 0.457 e. The van der Waals surface area contributed by atoms with Crippen LogP contribution in [0, 0.1) is 5.82 Å². The third-order valence-corrected chi connectivity index (χ3v) is 3.66. The number of Topliss-reactive ketones (excluding diaryl/α,β-unsaturated/α-hetero) is 1. The Bertz CT molecular complexity index is 585. The van der Waals surface area contributed by atoms with Gasteiger partial charge in [-0.15, -0.1) is 0 Å². The van der Waals surface area contributed by atoms with Gasteiger partial charge in [-0.2, -0.15) is 0 Å². The zero-order chi connectivity index (χ0) is 12.5. The normalized spacial score (nSPS) is 21.2. The van der Waals surface area contributed by atoms with Crippen molar-refractivity contribution < 1.29 is 13.6 Å². The lowest BCUT2D eigenvalue weighted by Gasteiger charge is -2.08. The molecule has 0 N–H and O–H groups in total. The van der Waals surface area contributed by atoms with E-state index < -0.39 is 0 Å². The molecule has 94 valence electrons. The minimum Gasteiger partial charge on any atom is -0.457 e. The van der Waals surface area contributed by atoms with Gasteiger partial charge in [-0.3, -0.25) is 4.79 Å². The van der Waals surface area contributed by atoms with E-state index in [1.54, 1.807) is 6.07 Å². The molecular weight excluding hydrogens is 231 g/mol. The number of para-hydroxylation sites is 1. The van der Waals surface area contributed by atoms with Crippen LogP contribution in [-0.4, -0.2) is 5.78 Å². The Labute approximate surface area is 105 Å². The highest BCUT2D eigenvalue weighted by Gasteiger charge is 2.26. The summed E-state index contributed by atoms with van der Waals surface area (Å²) in [6.45, 7) is 0. The lowest BCUT2D eigenvalue weighted by molar-refractivity contribution is -0.120. The smallest absolute Gasteiger partial charge is 0.169 e. The second-order valence-corrected chi connectivity index (χ2v) is 4.93. The van der Waals surface area contributed by atoms with Crippen molar-refractivity contribution in [3.8, 4) is 0 Å². The highest BCUT2D eigenvalue weighted by atomic mass is 19.1. The number of hydrogen-bond acceptors (Lipinski definition) is 2. The van der Waals surface area contributed by atoms with Crippen LogP contribution in [0.25, 0.3) is 11.0 Å². The van der Waals surface area contributed by atoms with E-state index in [9.17, 15) is 9.18 Å². The Morgan fingerprint density at radius 3 is 2.94 bits per heavy atom. The summed E-state index contributed by atoms with van der Waals surface area (Å²) < 4.78 is 19.1. The molecule has 1 aliphatic carbocycles. The van der Waals surface area contributed by atoms with Gasteiger partial charge in [0.15, 0.2) is 11.4 Å². The molecule has 3 heteroatoms. The van der Waals surface area contributed by atoms with Crippen LogP contribution in [0.5, 0.6) is 0 Å². The molecule has 1 fully saturated rings. The molecule has 1 aliphatic rings. The third-order valence-electron chi connectivity index (χ3n) is 3.66. The second-order valence-electron chi connectivity index (χ2n) is 4.93. The van der Waals surface area contributed by atoms with Crippen LogP contribution in [0.2, 0.25) is 0 Å². The van der Waals surface area contributed by atoms with E-state index >= 15 is 0 Å². The predicted molar refractivity (Wildman–Crippen MR) is 67.0 cm³/mol. The topological polar surface area (TPSA) is 30.2 Å². The van der Waals surface area contributed by atoms with Gasteiger partial charge in [-0.1, -0.05) is 25.0 Å². The zero-order valence-corrected chi connectivity index (χ0v) is 10.1. The first-order valence-electron chi connectivity index (χ1n) is 6.46. The average molecular weight is 246 g/mol. The van der Waals surface area contributed by atoms with Crippen LogP contribution in [0.15, 0.2) is 28.7 Å². The number of hydrogen-bond donors (Lipinski definition) is 0. The van der Waals surface area contributed by atoms with Crippen molar-refractivity contribution in [3.63, 3.8) is 0 Å². The minimum absolute atomic E-state index is 0.181. The number of carbonyl (C=O) groups excluding carboxylic acids is 1. The van der Waals surface area contributed by atoms with E-state index in [-0.39, 0.29) is 23.1 Å². The van der Waals surface area contributed by atoms with E-state index in [4.69, 9.17) is 4.42 Å². The molecule has 2 nitrogen and oxygen atoms in total. The van der Waals surface area contributed by atoms with Crippen LogP contribution < -0.4 is 0 Å². The quantitative estimate of drug-likeness (QED) is 0.706. The van der Waals surface area contributed by atoms with E-state index in [1.807, 2.05) is 12.1 Å². The molecule has 0 spiro atoms. The first-order valence-corrected chi connectivity index (χ1v) is 6.46. The van der Waals surface area contributed by atoms with Gasteiger partial charge in [0.2, 0.25) is 0 Å². The van der Waals surface area contributed by atoms with Crippen molar-refractivity contribution in [1.82, 2.24) is 0 Å². The van der Waals surface area contributed by atoms with Crippen LogP contribution >= 0.6 is 0 Å². The van der Waals surface area contributed by atoms with Gasteiger partial charge in [0.05, 0.1) is 5.92 Å². The number of rotatable bonds is 1. The molecule has 0 aliphatic heterocycles. The fourth-order valence-corrected chi connectivity index (χ4v) is 2.68. The van der Waals surface area contributed by atoms with Gasteiger partial charge in [0.1, 0.15) is 11.5 Å². The molecule has 1 aromatic carbocycles. The monoisotopic (exact) mass is 246 g/mol. The highest BCUT2D eigenvalue weighted by molar-refractivity contribution is 5.87. The fourth-order valence-electron chi connectivity index (χ4n) is 2.68. The Morgan fingerprint density at radius 1 is 1.22 bits per heavy atom. The third kappa shape index (κ3) is 1.94. The summed E-state index contributed by atoms with van der Waals surface area (Å²) in [5.74, 6) is 0.313.